The summed E-state index contributed by atoms with van der Waals surface area (Å²) in [7, 11) is 0. The maximum Gasteiger partial charge on any atom is 0.387 e. The molecular weight excluding hydrogens is 292 g/mol. The third-order valence-corrected chi connectivity index (χ3v) is 3.02. The van der Waals surface area contributed by atoms with Gasteiger partial charge in [-0.1, -0.05) is 6.07 Å². The molecule has 22 heavy (non-hydrogen) atoms. The highest BCUT2D eigenvalue weighted by Gasteiger charge is 2.13. The molecule has 1 aromatic heterocycles. The number of aromatic nitrogens is 2. The topological polar surface area (TPSA) is 56.2 Å². The van der Waals surface area contributed by atoms with Crippen LogP contribution in [0.5, 0.6) is 5.75 Å². The molecule has 0 aliphatic carbocycles. The molecule has 0 saturated carbocycles. The summed E-state index contributed by atoms with van der Waals surface area (Å²) in [5.74, 6) is -0.425. The largest absolute Gasteiger partial charge is 0.433 e. The molecule has 0 aliphatic rings. The van der Waals surface area contributed by atoms with E-state index in [9.17, 15) is 13.6 Å². The van der Waals surface area contributed by atoms with Crippen molar-refractivity contribution < 1.29 is 18.3 Å². The lowest BCUT2D eigenvalue weighted by Gasteiger charge is -2.13. The molecule has 0 unspecified atom stereocenters. The van der Waals surface area contributed by atoms with Gasteiger partial charge in [-0.3, -0.25) is 9.48 Å². The van der Waals surface area contributed by atoms with Gasteiger partial charge in [0.25, 0.3) is 0 Å². The number of hydrogen-bond acceptors (Lipinski definition) is 3. The number of rotatable bonds is 5. The third kappa shape index (κ3) is 4.03. The van der Waals surface area contributed by atoms with Crippen LogP contribution < -0.4 is 10.1 Å². The summed E-state index contributed by atoms with van der Waals surface area (Å²) >= 11 is 0. The van der Waals surface area contributed by atoms with Gasteiger partial charge in [0.05, 0.1) is 11.4 Å². The number of ether oxygens (including phenoxy) is 1. The van der Waals surface area contributed by atoms with Crippen LogP contribution in [-0.2, 0) is 11.3 Å². The van der Waals surface area contributed by atoms with Crippen molar-refractivity contribution in [1.29, 1.82) is 0 Å². The monoisotopic (exact) mass is 309 g/mol. The second-order valence-electron chi connectivity index (χ2n) is 5.01. The van der Waals surface area contributed by atoms with Gasteiger partial charge in [-0.25, -0.2) is 0 Å². The highest BCUT2D eigenvalue weighted by molar-refractivity contribution is 5.92. The quantitative estimate of drug-likeness (QED) is 0.923. The van der Waals surface area contributed by atoms with Gasteiger partial charge < -0.3 is 10.1 Å². The van der Waals surface area contributed by atoms with Crippen molar-refractivity contribution in [3.63, 3.8) is 0 Å². The molecular formula is C15H17F2N3O2. The van der Waals surface area contributed by atoms with E-state index in [1.807, 2.05) is 19.9 Å². The zero-order chi connectivity index (χ0) is 16.3. The van der Waals surface area contributed by atoms with Gasteiger partial charge in [0, 0.05) is 5.69 Å². The Bertz CT molecular complexity index is 683. The molecule has 0 saturated heterocycles. The van der Waals surface area contributed by atoms with Crippen LogP contribution in [0.15, 0.2) is 24.3 Å². The van der Waals surface area contributed by atoms with Crippen LogP contribution in [0.4, 0.5) is 14.5 Å². The molecule has 0 atom stereocenters. The Morgan fingerprint density at radius 1 is 1.32 bits per heavy atom. The Labute approximate surface area is 126 Å². The van der Waals surface area contributed by atoms with Gasteiger partial charge in [0.15, 0.2) is 0 Å². The standard InChI is InChI=1S/C15H17F2N3O2/c1-9-4-5-12(13(6-9)22-15(16)17)18-14(21)8-20-11(3)7-10(2)19-20/h4-7,15H,8H2,1-3H3,(H,18,21). The van der Waals surface area contributed by atoms with E-state index < -0.39 is 6.61 Å². The number of nitrogens with zero attached hydrogens (tertiary/aromatic N) is 2. The summed E-state index contributed by atoms with van der Waals surface area (Å²) < 4.78 is 30.8. The minimum Gasteiger partial charge on any atom is -0.433 e. The Morgan fingerprint density at radius 2 is 2.05 bits per heavy atom. The smallest absolute Gasteiger partial charge is 0.387 e. The van der Waals surface area contributed by atoms with Crippen molar-refractivity contribution in [2.24, 2.45) is 0 Å². The fourth-order valence-electron chi connectivity index (χ4n) is 2.09. The van der Waals surface area contributed by atoms with Crippen LogP contribution in [-0.4, -0.2) is 22.3 Å². The van der Waals surface area contributed by atoms with Crippen LogP contribution in [0.25, 0.3) is 0 Å². The van der Waals surface area contributed by atoms with Crippen LogP contribution >= 0.6 is 0 Å². The first-order valence-corrected chi connectivity index (χ1v) is 6.71. The van der Waals surface area contributed by atoms with Crippen LogP contribution in [0.1, 0.15) is 17.0 Å². The SMILES string of the molecule is Cc1ccc(NC(=O)Cn2nc(C)cc2C)c(OC(F)F)c1. The molecule has 1 aromatic carbocycles. The molecule has 2 rings (SSSR count). The number of anilines is 1. The molecule has 0 radical (unpaired) electrons. The predicted molar refractivity (Wildman–Crippen MR) is 78.1 cm³/mol. The zero-order valence-corrected chi connectivity index (χ0v) is 12.6. The zero-order valence-electron chi connectivity index (χ0n) is 12.6. The van der Waals surface area contributed by atoms with E-state index in [0.29, 0.717) is 0 Å². The maximum absolute atomic E-state index is 12.4. The second kappa shape index (κ2) is 6.55. The average Bonchev–Trinajstić information content (AvgIpc) is 2.70. The fourth-order valence-corrected chi connectivity index (χ4v) is 2.09. The Kier molecular flexibility index (Phi) is 4.75. The van der Waals surface area contributed by atoms with Crippen molar-refractivity contribution in [2.75, 3.05) is 5.32 Å². The highest BCUT2D eigenvalue weighted by Crippen LogP contribution is 2.27. The lowest BCUT2D eigenvalue weighted by molar-refractivity contribution is -0.117. The minimum atomic E-state index is -2.95. The van der Waals surface area contributed by atoms with Gasteiger partial charge in [0.2, 0.25) is 5.91 Å². The van der Waals surface area contributed by atoms with Crippen LogP contribution in [0, 0.1) is 20.8 Å². The Balaban J connectivity index is 2.12. The van der Waals surface area contributed by atoms with Crippen molar-refractivity contribution >= 4 is 11.6 Å². The van der Waals surface area contributed by atoms with Crippen LogP contribution in [0.3, 0.4) is 0 Å². The van der Waals surface area contributed by atoms with E-state index >= 15 is 0 Å². The summed E-state index contributed by atoms with van der Waals surface area (Å²) in [4.78, 5) is 12.1. The molecule has 0 spiro atoms. The molecule has 1 heterocycles. The van der Waals surface area contributed by atoms with Gasteiger partial charge in [-0.2, -0.15) is 13.9 Å². The lowest BCUT2D eigenvalue weighted by atomic mass is 10.2. The average molecular weight is 309 g/mol. The van der Waals surface area contributed by atoms with E-state index in [2.05, 4.69) is 15.2 Å². The number of halogens is 2. The molecule has 0 fully saturated rings. The molecule has 1 amide bonds. The summed E-state index contributed by atoms with van der Waals surface area (Å²) in [6.07, 6.45) is 0. The molecule has 0 aliphatic heterocycles. The normalized spacial score (nSPS) is 10.8. The number of aryl methyl sites for hydroxylation is 3. The van der Waals surface area contributed by atoms with Crippen molar-refractivity contribution in [3.05, 3.63) is 41.2 Å². The number of benzene rings is 1. The van der Waals surface area contributed by atoms with Gasteiger partial charge in [-0.15, -0.1) is 0 Å². The van der Waals surface area contributed by atoms with E-state index in [-0.39, 0.29) is 23.9 Å². The van der Waals surface area contributed by atoms with Gasteiger partial charge >= 0.3 is 6.61 Å². The maximum atomic E-state index is 12.4. The number of alkyl halides is 2. The van der Waals surface area contributed by atoms with Gasteiger partial charge in [-0.05, 0) is 44.5 Å². The minimum absolute atomic E-state index is 0.00166. The number of amides is 1. The molecule has 0 bridgehead atoms. The summed E-state index contributed by atoms with van der Waals surface area (Å²) in [6, 6.07) is 6.54. The molecule has 2 aromatic rings. The first kappa shape index (κ1) is 15.9. The van der Waals surface area contributed by atoms with E-state index in [1.54, 1.807) is 17.7 Å². The first-order chi connectivity index (χ1) is 10.3. The number of nitrogens with one attached hydrogen (secondary N) is 1. The Morgan fingerprint density at radius 3 is 2.64 bits per heavy atom. The summed E-state index contributed by atoms with van der Waals surface area (Å²) in [5, 5.41) is 6.75. The Hall–Kier alpha value is -2.44. The first-order valence-electron chi connectivity index (χ1n) is 6.71. The predicted octanol–water partition coefficient (Wildman–Crippen LogP) is 3.05. The fraction of sp³-hybridized carbons (Fsp3) is 0.333. The third-order valence-electron chi connectivity index (χ3n) is 3.02. The number of hydrogen-bond donors (Lipinski definition) is 1. The summed E-state index contributed by atoms with van der Waals surface area (Å²) in [6.45, 7) is 2.47. The molecule has 7 heteroatoms. The van der Waals surface area contributed by atoms with Gasteiger partial charge in [0.1, 0.15) is 12.3 Å². The van der Waals surface area contributed by atoms with Crippen LogP contribution in [0.2, 0.25) is 0 Å². The van der Waals surface area contributed by atoms with E-state index in [0.717, 1.165) is 17.0 Å². The molecule has 118 valence electrons. The van der Waals surface area contributed by atoms with E-state index in [1.165, 1.54) is 12.1 Å². The number of carbonyl (C=O) groups excluding carboxylic acids is 1. The van der Waals surface area contributed by atoms with Crippen molar-refractivity contribution in [1.82, 2.24) is 9.78 Å². The van der Waals surface area contributed by atoms with Crippen molar-refractivity contribution in [3.8, 4) is 5.75 Å². The molecule has 5 nitrogen and oxygen atoms in total. The summed E-state index contributed by atoms with van der Waals surface area (Å²) in [5.41, 5.74) is 2.62. The molecule has 1 N–H and O–H groups in total. The highest BCUT2D eigenvalue weighted by atomic mass is 19.3. The lowest BCUT2D eigenvalue weighted by Crippen LogP contribution is -2.21. The second-order valence-corrected chi connectivity index (χ2v) is 5.01. The number of carbonyl (C=O) groups is 1. The van der Waals surface area contributed by atoms with E-state index in [4.69, 9.17) is 0 Å². The van der Waals surface area contributed by atoms with Crippen molar-refractivity contribution in [2.45, 2.75) is 33.9 Å².